The van der Waals surface area contributed by atoms with Crippen molar-refractivity contribution >= 4 is 47.5 Å². The molecule has 238 valence electrons. The molecule has 0 rings (SSSR count). The first-order valence-electron chi connectivity index (χ1n) is 12.9. The number of aliphatic carboxylic acids is 2. The first-order valence-corrected chi connectivity index (χ1v) is 12.9. The van der Waals surface area contributed by atoms with Crippen molar-refractivity contribution in [2.45, 2.75) is 69.1 Å². The first-order chi connectivity index (χ1) is 19.6. The highest BCUT2D eigenvalue weighted by Gasteiger charge is 2.31. The van der Waals surface area contributed by atoms with Gasteiger partial charge in [-0.3, -0.25) is 34.2 Å². The van der Waals surface area contributed by atoms with Crippen LogP contribution in [0.4, 0.5) is 0 Å². The van der Waals surface area contributed by atoms with Gasteiger partial charge in [0.1, 0.15) is 18.1 Å². The van der Waals surface area contributed by atoms with Gasteiger partial charge >= 0.3 is 11.9 Å². The van der Waals surface area contributed by atoms with Gasteiger partial charge in [0.2, 0.25) is 17.7 Å². The molecule has 0 heterocycles. The number of aliphatic imine (C=N–C) groups is 3. The van der Waals surface area contributed by atoms with Gasteiger partial charge in [-0.25, -0.2) is 4.79 Å². The van der Waals surface area contributed by atoms with Crippen LogP contribution in [0.5, 0.6) is 0 Å². The van der Waals surface area contributed by atoms with Crippen molar-refractivity contribution in [1.82, 2.24) is 16.0 Å². The molecule has 0 aromatic rings. The number of guanidine groups is 3. The van der Waals surface area contributed by atoms with E-state index in [4.69, 9.17) is 40.1 Å². The minimum absolute atomic E-state index is 0.0364. The van der Waals surface area contributed by atoms with Crippen LogP contribution in [-0.4, -0.2) is 102 Å². The van der Waals surface area contributed by atoms with Gasteiger partial charge in [0.15, 0.2) is 17.9 Å². The highest BCUT2D eigenvalue weighted by atomic mass is 16.4. The molecule has 0 aromatic heterocycles. The van der Waals surface area contributed by atoms with E-state index in [-0.39, 0.29) is 69.6 Å². The molecule has 4 atom stereocenters. The Labute approximate surface area is 242 Å². The van der Waals surface area contributed by atoms with E-state index in [1.165, 1.54) is 0 Å². The maximum absolute atomic E-state index is 13.0. The third-order valence-corrected chi connectivity index (χ3v) is 5.45. The number of carbonyl (C=O) groups is 5. The number of hydrogen-bond donors (Lipinski definition) is 12. The molecule has 0 spiro atoms. The van der Waals surface area contributed by atoms with Gasteiger partial charge in [-0.2, -0.15) is 0 Å². The zero-order valence-electron chi connectivity index (χ0n) is 23.2. The standard InChI is InChI=1S/C22H43N13O7/c23-11(4-1-7-30-20(24)25)16(38)35-14(10-15(36)37)18(40)33-12(5-2-8-31-21(26)27)17(39)34-13(19(41)42)6-3-9-32-22(28)29/h11-14H,1-10,23H2,(H,33,40)(H,34,39)(H,35,38)(H,36,37)(H,41,42)(H4,24,25,30)(H4,26,27,31)(H4,28,29,32). The van der Waals surface area contributed by atoms with Gasteiger partial charge in [0.05, 0.1) is 12.5 Å². The van der Waals surface area contributed by atoms with Crippen molar-refractivity contribution < 1.29 is 34.2 Å². The number of nitrogens with zero attached hydrogens (tertiary/aromatic N) is 3. The van der Waals surface area contributed by atoms with E-state index in [0.29, 0.717) is 6.42 Å². The Morgan fingerprint density at radius 3 is 1.38 bits per heavy atom. The summed E-state index contributed by atoms with van der Waals surface area (Å²) in [6, 6.07) is -5.41. The SMILES string of the molecule is NC(N)=NCCCC(N)C(=O)NC(CC(=O)O)C(=O)NC(CCCN=C(N)N)C(=O)NC(CCCN=C(N)N)C(=O)O. The fraction of sp³-hybridized carbons (Fsp3) is 0.636. The Hall–Kier alpha value is -4.88. The summed E-state index contributed by atoms with van der Waals surface area (Å²) in [5.41, 5.74) is 37.4. The van der Waals surface area contributed by atoms with Gasteiger partial charge in [-0.15, -0.1) is 0 Å². The molecule has 3 amide bonds. The topological polar surface area (TPSA) is 381 Å². The number of amides is 3. The molecule has 20 heteroatoms. The van der Waals surface area contributed by atoms with Crippen LogP contribution in [0.2, 0.25) is 0 Å². The molecule has 0 radical (unpaired) electrons. The van der Waals surface area contributed by atoms with E-state index in [9.17, 15) is 34.2 Å². The molecule has 0 bridgehead atoms. The van der Waals surface area contributed by atoms with E-state index < -0.39 is 60.2 Å². The maximum atomic E-state index is 13.0. The summed E-state index contributed by atoms with van der Waals surface area (Å²) in [6.07, 6.45) is -0.0808. The summed E-state index contributed by atoms with van der Waals surface area (Å²) >= 11 is 0. The smallest absolute Gasteiger partial charge is 0.326 e. The Bertz CT molecular complexity index is 1010. The molecule has 20 nitrogen and oxygen atoms in total. The minimum Gasteiger partial charge on any atom is -0.481 e. The molecule has 0 aliphatic heterocycles. The summed E-state index contributed by atoms with van der Waals surface area (Å²) in [4.78, 5) is 73.1. The van der Waals surface area contributed by atoms with Crippen LogP contribution in [0, 0.1) is 0 Å². The molecule has 42 heavy (non-hydrogen) atoms. The van der Waals surface area contributed by atoms with Crippen LogP contribution >= 0.6 is 0 Å². The molecule has 0 saturated heterocycles. The number of nitrogens with two attached hydrogens (primary N) is 7. The predicted molar refractivity (Wildman–Crippen MR) is 153 cm³/mol. The molecular weight excluding hydrogens is 558 g/mol. The first kappa shape index (κ1) is 37.1. The number of rotatable bonds is 21. The van der Waals surface area contributed by atoms with Crippen LogP contribution in [0.15, 0.2) is 15.0 Å². The normalized spacial score (nSPS) is 13.3. The molecule has 0 aromatic carbocycles. The van der Waals surface area contributed by atoms with E-state index in [1.807, 2.05) is 0 Å². The summed E-state index contributed by atoms with van der Waals surface area (Å²) in [7, 11) is 0. The number of carboxylic acids is 2. The van der Waals surface area contributed by atoms with Crippen molar-refractivity contribution in [2.24, 2.45) is 55.1 Å². The van der Waals surface area contributed by atoms with Crippen molar-refractivity contribution in [3.8, 4) is 0 Å². The van der Waals surface area contributed by atoms with Crippen molar-refractivity contribution in [3.05, 3.63) is 0 Å². The number of carbonyl (C=O) groups excluding carboxylic acids is 3. The summed E-state index contributed by atoms with van der Waals surface area (Å²) in [5.74, 6) is -5.99. The lowest BCUT2D eigenvalue weighted by Crippen LogP contribution is -2.57. The fourth-order valence-electron chi connectivity index (χ4n) is 3.39. The molecule has 0 fully saturated rings. The average Bonchev–Trinajstić information content (AvgIpc) is 2.88. The summed E-state index contributed by atoms with van der Waals surface area (Å²) in [5, 5.41) is 25.8. The highest BCUT2D eigenvalue weighted by molar-refractivity contribution is 5.95. The molecular formula is C22H43N13O7. The zero-order chi connectivity index (χ0) is 32.2. The Morgan fingerprint density at radius 2 is 0.952 bits per heavy atom. The summed E-state index contributed by atoms with van der Waals surface area (Å²) in [6.45, 7) is 0.394. The third-order valence-electron chi connectivity index (χ3n) is 5.45. The van der Waals surface area contributed by atoms with Crippen LogP contribution in [0.25, 0.3) is 0 Å². The lowest BCUT2D eigenvalue weighted by atomic mass is 10.1. The van der Waals surface area contributed by atoms with Crippen molar-refractivity contribution in [1.29, 1.82) is 0 Å². The van der Waals surface area contributed by atoms with E-state index in [0.717, 1.165) is 0 Å². The Morgan fingerprint density at radius 1 is 0.571 bits per heavy atom. The second-order valence-electron chi connectivity index (χ2n) is 9.07. The number of carboxylic acid groups (broad SMARTS) is 2. The number of hydrogen-bond acceptors (Lipinski definition) is 9. The van der Waals surface area contributed by atoms with Gasteiger partial charge in [-0.05, 0) is 38.5 Å². The summed E-state index contributed by atoms with van der Waals surface area (Å²) < 4.78 is 0. The zero-order valence-corrected chi connectivity index (χ0v) is 23.2. The quantitative estimate of drug-likeness (QED) is 0.0331. The average molecular weight is 602 g/mol. The van der Waals surface area contributed by atoms with Crippen molar-refractivity contribution in [2.75, 3.05) is 19.6 Å². The minimum atomic E-state index is -1.61. The molecule has 0 aliphatic carbocycles. The van der Waals surface area contributed by atoms with Crippen LogP contribution < -0.4 is 56.1 Å². The van der Waals surface area contributed by atoms with E-state index in [2.05, 4.69) is 30.9 Å². The maximum Gasteiger partial charge on any atom is 0.326 e. The number of nitrogens with one attached hydrogen (secondary N) is 3. The monoisotopic (exact) mass is 601 g/mol. The lowest BCUT2D eigenvalue weighted by molar-refractivity contribution is -0.143. The van der Waals surface area contributed by atoms with E-state index >= 15 is 0 Å². The molecule has 0 aliphatic rings. The molecule has 19 N–H and O–H groups in total. The molecule has 4 unspecified atom stereocenters. The van der Waals surface area contributed by atoms with Crippen molar-refractivity contribution in [3.63, 3.8) is 0 Å². The van der Waals surface area contributed by atoms with Gasteiger partial charge in [0.25, 0.3) is 0 Å². The van der Waals surface area contributed by atoms with E-state index in [1.54, 1.807) is 0 Å². The van der Waals surface area contributed by atoms with Gasteiger partial charge < -0.3 is 66.3 Å². The largest absolute Gasteiger partial charge is 0.481 e. The fourth-order valence-corrected chi connectivity index (χ4v) is 3.39. The van der Waals surface area contributed by atoms with Crippen LogP contribution in [0.1, 0.15) is 44.9 Å². The predicted octanol–water partition coefficient (Wildman–Crippen LogP) is -5.51. The second-order valence-corrected chi connectivity index (χ2v) is 9.07. The second kappa shape index (κ2) is 20.1. The van der Waals surface area contributed by atoms with Gasteiger partial charge in [0, 0.05) is 19.6 Å². The Balaban J connectivity index is 5.62. The van der Waals surface area contributed by atoms with Crippen LogP contribution in [-0.2, 0) is 24.0 Å². The van der Waals surface area contributed by atoms with Crippen LogP contribution in [0.3, 0.4) is 0 Å². The lowest BCUT2D eigenvalue weighted by Gasteiger charge is -2.24. The third kappa shape index (κ3) is 17.7. The molecule has 0 saturated carbocycles. The van der Waals surface area contributed by atoms with Gasteiger partial charge in [-0.1, -0.05) is 0 Å². The highest BCUT2D eigenvalue weighted by Crippen LogP contribution is 2.06. The Kier molecular flexibility index (Phi) is 17.7.